The zero-order valence-corrected chi connectivity index (χ0v) is 14.2. The number of nitrogens with zero attached hydrogens (tertiary/aromatic N) is 3. The van der Waals surface area contributed by atoms with Crippen LogP contribution in [0, 0.1) is 0 Å². The summed E-state index contributed by atoms with van der Waals surface area (Å²) in [6.07, 6.45) is 2.61. The van der Waals surface area contributed by atoms with Gasteiger partial charge in [0.1, 0.15) is 0 Å². The monoisotopic (exact) mass is 301 g/mol. The van der Waals surface area contributed by atoms with E-state index in [2.05, 4.69) is 40.8 Å². The Morgan fingerprint density at radius 3 is 2.50 bits per heavy atom. The van der Waals surface area contributed by atoms with Crippen LogP contribution < -0.4 is 0 Å². The van der Waals surface area contributed by atoms with Crippen molar-refractivity contribution in [3.05, 3.63) is 36.0 Å². The maximum atomic E-state index is 12.6. The molecule has 1 amide bonds. The molecule has 0 aliphatic carbocycles. The summed E-state index contributed by atoms with van der Waals surface area (Å²) in [4.78, 5) is 16.6. The van der Waals surface area contributed by atoms with E-state index in [1.807, 2.05) is 32.0 Å². The third-order valence-electron chi connectivity index (χ3n) is 4.11. The normalized spacial score (nSPS) is 11.3. The molecule has 0 N–H and O–H groups in total. The minimum absolute atomic E-state index is 0.211. The van der Waals surface area contributed by atoms with Crippen molar-refractivity contribution in [1.29, 1.82) is 0 Å². The van der Waals surface area contributed by atoms with Crippen LogP contribution in [0.2, 0.25) is 0 Å². The summed E-state index contributed by atoms with van der Waals surface area (Å²) < 4.78 is 2.22. The topological polar surface area (TPSA) is 28.5 Å². The van der Waals surface area contributed by atoms with Crippen LogP contribution in [0.15, 0.2) is 30.5 Å². The Balaban J connectivity index is 2.17. The highest BCUT2D eigenvalue weighted by atomic mass is 16.2. The van der Waals surface area contributed by atoms with Crippen LogP contribution in [0.25, 0.3) is 10.9 Å². The van der Waals surface area contributed by atoms with Gasteiger partial charge in [0.2, 0.25) is 5.91 Å². The number of carbonyl (C=O) groups excluding carboxylic acids is 1. The van der Waals surface area contributed by atoms with Gasteiger partial charge in [-0.3, -0.25) is 4.79 Å². The van der Waals surface area contributed by atoms with Crippen LogP contribution in [0.3, 0.4) is 0 Å². The lowest BCUT2D eigenvalue weighted by Crippen LogP contribution is -2.37. The van der Waals surface area contributed by atoms with E-state index in [1.54, 1.807) is 0 Å². The Kier molecular flexibility index (Phi) is 5.61. The molecule has 120 valence electrons. The second-order valence-corrected chi connectivity index (χ2v) is 5.91. The smallest absolute Gasteiger partial charge is 0.227 e. The number of rotatable bonds is 7. The van der Waals surface area contributed by atoms with Gasteiger partial charge < -0.3 is 14.4 Å². The van der Waals surface area contributed by atoms with Crippen LogP contribution in [-0.2, 0) is 17.8 Å². The molecule has 0 fully saturated rings. The molecule has 0 atom stereocenters. The predicted octanol–water partition coefficient (Wildman–Crippen LogP) is 2.61. The molecule has 0 saturated heterocycles. The Hall–Kier alpha value is -1.81. The van der Waals surface area contributed by atoms with Gasteiger partial charge in [-0.05, 0) is 39.6 Å². The van der Waals surface area contributed by atoms with Crippen LogP contribution in [-0.4, -0.2) is 54.0 Å². The summed E-state index contributed by atoms with van der Waals surface area (Å²) in [6, 6.07) is 8.33. The molecule has 22 heavy (non-hydrogen) atoms. The predicted molar refractivity (Wildman–Crippen MR) is 92.1 cm³/mol. The van der Waals surface area contributed by atoms with Crippen molar-refractivity contribution in [2.24, 2.45) is 0 Å². The van der Waals surface area contributed by atoms with E-state index in [9.17, 15) is 4.79 Å². The van der Waals surface area contributed by atoms with Gasteiger partial charge in [-0.25, -0.2) is 0 Å². The third kappa shape index (κ3) is 3.69. The number of hydrogen-bond donors (Lipinski definition) is 0. The average molecular weight is 301 g/mol. The fourth-order valence-corrected chi connectivity index (χ4v) is 2.78. The lowest BCUT2D eigenvalue weighted by atomic mass is 10.1. The Bertz CT molecular complexity index is 630. The molecule has 0 aliphatic heterocycles. The van der Waals surface area contributed by atoms with Gasteiger partial charge in [-0.1, -0.05) is 18.2 Å². The van der Waals surface area contributed by atoms with E-state index in [0.29, 0.717) is 6.42 Å². The molecule has 0 unspecified atom stereocenters. The molecule has 0 bridgehead atoms. The van der Waals surface area contributed by atoms with Crippen molar-refractivity contribution in [3.8, 4) is 0 Å². The number of para-hydroxylation sites is 1. The third-order valence-corrected chi connectivity index (χ3v) is 4.11. The van der Waals surface area contributed by atoms with Crippen LogP contribution >= 0.6 is 0 Å². The zero-order valence-electron chi connectivity index (χ0n) is 14.2. The summed E-state index contributed by atoms with van der Waals surface area (Å²) in [5.41, 5.74) is 2.34. The van der Waals surface area contributed by atoms with E-state index >= 15 is 0 Å². The van der Waals surface area contributed by atoms with Gasteiger partial charge in [0.15, 0.2) is 0 Å². The summed E-state index contributed by atoms with van der Waals surface area (Å²) >= 11 is 0. The standard InChI is InChI=1S/C18H27N3O/c1-5-20(12-11-19(3)4)18(22)13-15-14-21(6-2)17-10-8-7-9-16(15)17/h7-10,14H,5-6,11-13H2,1-4H3. The van der Waals surface area contributed by atoms with E-state index in [1.165, 1.54) is 10.9 Å². The van der Waals surface area contributed by atoms with Crippen molar-refractivity contribution in [2.45, 2.75) is 26.8 Å². The van der Waals surface area contributed by atoms with Crippen LogP contribution in [0.1, 0.15) is 19.4 Å². The highest BCUT2D eigenvalue weighted by molar-refractivity contribution is 5.89. The first kappa shape index (κ1) is 16.6. The van der Waals surface area contributed by atoms with E-state index in [0.717, 1.165) is 31.7 Å². The molecule has 0 aliphatic rings. The first-order chi connectivity index (χ1) is 10.6. The van der Waals surface area contributed by atoms with Gasteiger partial charge in [0, 0.05) is 43.3 Å². The van der Waals surface area contributed by atoms with Gasteiger partial charge in [0.05, 0.1) is 6.42 Å². The molecule has 2 aromatic rings. The Morgan fingerprint density at radius 2 is 1.86 bits per heavy atom. The van der Waals surface area contributed by atoms with Crippen molar-refractivity contribution in [1.82, 2.24) is 14.4 Å². The maximum Gasteiger partial charge on any atom is 0.227 e. The van der Waals surface area contributed by atoms with Crippen molar-refractivity contribution in [2.75, 3.05) is 33.7 Å². The van der Waals surface area contributed by atoms with E-state index in [4.69, 9.17) is 0 Å². The average Bonchev–Trinajstić information content (AvgIpc) is 2.86. The number of fused-ring (bicyclic) bond motifs is 1. The van der Waals surface area contributed by atoms with Gasteiger partial charge in [0.25, 0.3) is 0 Å². The first-order valence-electron chi connectivity index (χ1n) is 8.06. The molecular formula is C18H27N3O. The maximum absolute atomic E-state index is 12.6. The van der Waals surface area contributed by atoms with Gasteiger partial charge >= 0.3 is 0 Å². The van der Waals surface area contributed by atoms with Crippen LogP contribution in [0.4, 0.5) is 0 Å². The SMILES string of the molecule is CCN(CCN(C)C)C(=O)Cc1cn(CC)c2ccccc12. The van der Waals surface area contributed by atoms with Gasteiger partial charge in [-0.15, -0.1) is 0 Å². The number of carbonyl (C=O) groups is 1. The first-order valence-corrected chi connectivity index (χ1v) is 8.06. The lowest BCUT2D eigenvalue weighted by molar-refractivity contribution is -0.130. The van der Waals surface area contributed by atoms with Crippen molar-refractivity contribution >= 4 is 16.8 Å². The molecular weight excluding hydrogens is 274 g/mol. The highest BCUT2D eigenvalue weighted by Crippen LogP contribution is 2.22. The quantitative estimate of drug-likeness (QED) is 0.786. The Morgan fingerprint density at radius 1 is 1.14 bits per heavy atom. The molecule has 0 radical (unpaired) electrons. The number of aryl methyl sites for hydroxylation is 1. The summed E-state index contributed by atoms with van der Waals surface area (Å²) in [7, 11) is 4.07. The molecule has 1 heterocycles. The second kappa shape index (κ2) is 7.45. The number of aromatic nitrogens is 1. The van der Waals surface area contributed by atoms with Crippen molar-refractivity contribution < 1.29 is 4.79 Å². The molecule has 4 nitrogen and oxygen atoms in total. The molecule has 0 saturated carbocycles. The molecule has 0 spiro atoms. The summed E-state index contributed by atoms with van der Waals surface area (Å²) in [5, 5.41) is 1.20. The number of benzene rings is 1. The molecule has 1 aromatic heterocycles. The van der Waals surface area contributed by atoms with Crippen molar-refractivity contribution in [3.63, 3.8) is 0 Å². The Labute approximate surface area is 133 Å². The van der Waals surface area contributed by atoms with Crippen LogP contribution in [0.5, 0.6) is 0 Å². The highest BCUT2D eigenvalue weighted by Gasteiger charge is 2.16. The second-order valence-electron chi connectivity index (χ2n) is 5.91. The molecule has 2 rings (SSSR count). The number of likely N-dealkylation sites (N-methyl/N-ethyl adjacent to an activating group) is 2. The molecule has 1 aromatic carbocycles. The summed E-state index contributed by atoms with van der Waals surface area (Å²) in [5.74, 6) is 0.211. The fourth-order valence-electron chi connectivity index (χ4n) is 2.78. The molecule has 4 heteroatoms. The number of hydrogen-bond acceptors (Lipinski definition) is 2. The van der Waals surface area contributed by atoms with Gasteiger partial charge in [-0.2, -0.15) is 0 Å². The lowest BCUT2D eigenvalue weighted by Gasteiger charge is -2.22. The zero-order chi connectivity index (χ0) is 16.1. The van der Waals surface area contributed by atoms with E-state index < -0.39 is 0 Å². The number of amides is 1. The minimum Gasteiger partial charge on any atom is -0.347 e. The minimum atomic E-state index is 0.211. The largest absolute Gasteiger partial charge is 0.347 e. The van der Waals surface area contributed by atoms with E-state index in [-0.39, 0.29) is 5.91 Å². The fraction of sp³-hybridized carbons (Fsp3) is 0.500. The summed E-state index contributed by atoms with van der Waals surface area (Å²) in [6.45, 7) is 7.55.